The van der Waals surface area contributed by atoms with Crippen LogP contribution in [0.2, 0.25) is 0 Å². The van der Waals surface area contributed by atoms with Crippen LogP contribution in [0.15, 0.2) is 52.6 Å². The van der Waals surface area contributed by atoms with Crippen molar-refractivity contribution in [1.29, 1.82) is 0 Å². The summed E-state index contributed by atoms with van der Waals surface area (Å²) in [6.07, 6.45) is 18.7. The Morgan fingerprint density at radius 1 is 0.455 bits per heavy atom. The van der Waals surface area contributed by atoms with Crippen molar-refractivity contribution < 1.29 is 108 Å². The van der Waals surface area contributed by atoms with E-state index in [0.29, 0.717) is 41.7 Å². The van der Waals surface area contributed by atoms with Gasteiger partial charge in [-0.15, -0.1) is 0 Å². The number of ether oxygens (including phenoxy) is 8. The predicted molar refractivity (Wildman–Crippen MR) is 456 cm³/mol. The maximum absolute atomic E-state index is 14.7. The molecule has 1 amide bonds. The molecule has 0 saturated heterocycles. The average Bonchev–Trinajstić information content (AvgIpc) is 1.02. The lowest BCUT2D eigenvalue weighted by atomic mass is 9.85. The molecule has 0 aromatic carbocycles. The molecule has 0 aliphatic heterocycles. The van der Waals surface area contributed by atoms with Gasteiger partial charge in [0.1, 0.15) is 53.0 Å². The van der Waals surface area contributed by atoms with E-state index in [1.807, 2.05) is 6.92 Å². The highest BCUT2D eigenvalue weighted by atomic mass is 31.2. The molecule has 39 nitrogen and oxygen atoms in total. The number of esters is 6. The predicted octanol–water partition coefficient (Wildman–Crippen LogP) is 13.1. The molecule has 6 rings (SSSR count). The highest BCUT2D eigenvalue weighted by molar-refractivity contribution is 7.60. The quantitative estimate of drug-likeness (QED) is 0.00807. The van der Waals surface area contributed by atoms with Gasteiger partial charge in [0.15, 0.2) is 64.7 Å². The molecule has 2 atom stereocenters. The second kappa shape index (κ2) is 50.1. The number of nitrogens with two attached hydrogens (primary N) is 1. The number of hydrogen-bond acceptors (Lipinski definition) is 31. The molecule has 0 radical (unpaired) electrons. The van der Waals surface area contributed by atoms with Crippen LogP contribution in [0.3, 0.4) is 0 Å². The van der Waals surface area contributed by atoms with Gasteiger partial charge in [0.2, 0.25) is 20.8 Å². The minimum atomic E-state index is -3.90. The Bertz CT molecular complexity index is 4510. The molecule has 6 heterocycles. The SMILES string of the molecule is CCCCCCOC(=O)C(C)(C)NP(=O)(CO[C@H](C)Cn1cnc2c(N)ncnc21)NC(C)(C)C(=O)OCCCCCC.CCCCCCOC(=O)C(C)(C)NP(=O)(CO[C@H](C)Cn1cnc2c(NC(=O)CC(C)(C)CC(=O)OCc3oc(=O)oc3C)ncnc21)NC(C)(C)C(=O)OCCCCCC.Cc1oc(=O)oc1COC(=O)CC(C)(C)CC(=O)O. The smallest absolute Gasteiger partial charge is 0.481 e. The summed E-state index contributed by atoms with van der Waals surface area (Å²) >= 11 is 0. The molecule has 0 aliphatic rings. The van der Waals surface area contributed by atoms with Crippen molar-refractivity contribution in [3.8, 4) is 0 Å². The van der Waals surface area contributed by atoms with Gasteiger partial charge >= 0.3 is 53.4 Å². The molecular formula is C82H134N14O25P2. The highest BCUT2D eigenvalue weighted by Gasteiger charge is 2.46. The highest BCUT2D eigenvalue weighted by Crippen LogP contribution is 2.44. The van der Waals surface area contributed by atoms with Crippen LogP contribution in [-0.2, 0) is 112 Å². The van der Waals surface area contributed by atoms with Gasteiger partial charge in [-0.05, 0) is 120 Å². The van der Waals surface area contributed by atoms with Gasteiger partial charge in [-0.25, -0.2) is 59.8 Å². The van der Waals surface area contributed by atoms with Crippen molar-refractivity contribution in [2.75, 3.05) is 50.2 Å². The lowest BCUT2D eigenvalue weighted by Gasteiger charge is -2.35. The molecule has 8 N–H and O–H groups in total. The number of aryl methyl sites for hydroxylation is 2. The molecule has 0 unspecified atom stereocenters. The number of nitrogens with one attached hydrogen (secondary N) is 5. The van der Waals surface area contributed by atoms with E-state index >= 15 is 0 Å². The van der Waals surface area contributed by atoms with Gasteiger partial charge in [0.25, 0.3) is 0 Å². The third-order valence-corrected chi connectivity index (χ3v) is 23.5. The Kier molecular flexibility index (Phi) is 43.3. The zero-order valence-electron chi connectivity index (χ0n) is 75.5. The first-order valence-corrected chi connectivity index (χ1v) is 45.7. The van der Waals surface area contributed by atoms with E-state index in [9.17, 15) is 57.1 Å². The zero-order valence-corrected chi connectivity index (χ0v) is 77.3. The maximum Gasteiger partial charge on any atom is 0.519 e. The van der Waals surface area contributed by atoms with Crippen molar-refractivity contribution in [2.45, 2.75) is 328 Å². The lowest BCUT2D eigenvalue weighted by molar-refractivity contribution is -0.150. The minimum absolute atomic E-state index is 0.0412. The van der Waals surface area contributed by atoms with Crippen molar-refractivity contribution in [1.82, 2.24) is 59.4 Å². The summed E-state index contributed by atoms with van der Waals surface area (Å²) in [5.74, 6) is -5.44. The van der Waals surface area contributed by atoms with Gasteiger partial charge in [-0.3, -0.25) is 47.5 Å². The number of rotatable bonds is 55. The van der Waals surface area contributed by atoms with Crippen molar-refractivity contribution in [3.05, 3.63) is 69.6 Å². The summed E-state index contributed by atoms with van der Waals surface area (Å²) < 4.78 is 95.9. The van der Waals surface area contributed by atoms with Gasteiger partial charge < -0.3 is 80.9 Å². The largest absolute Gasteiger partial charge is 0.519 e. The number of carboxylic acids is 1. The molecule has 41 heteroatoms. The summed E-state index contributed by atoms with van der Waals surface area (Å²) in [6, 6.07) is 0. The molecule has 123 heavy (non-hydrogen) atoms. The number of carbonyl (C=O) groups excluding carboxylic acids is 7. The third kappa shape index (κ3) is 38.1. The number of nitrogens with zero attached hydrogens (tertiary/aromatic N) is 8. The zero-order chi connectivity index (χ0) is 92.2. The molecule has 6 aromatic heterocycles. The van der Waals surface area contributed by atoms with E-state index in [1.165, 1.54) is 32.8 Å². The van der Waals surface area contributed by atoms with Crippen LogP contribution in [0.25, 0.3) is 22.3 Å². The number of carboxylic acid groups (broad SMARTS) is 1. The number of fused-ring (bicyclic) bond motifs is 2. The van der Waals surface area contributed by atoms with E-state index in [1.54, 1.807) is 105 Å². The Morgan fingerprint density at radius 3 is 1.12 bits per heavy atom. The Labute approximate surface area is 719 Å². The van der Waals surface area contributed by atoms with E-state index in [2.05, 4.69) is 92.1 Å². The molecule has 0 saturated carbocycles. The summed E-state index contributed by atoms with van der Waals surface area (Å²) in [5.41, 5.74) is 0.582. The second-order valence-electron chi connectivity index (χ2n) is 34.2. The van der Waals surface area contributed by atoms with Crippen LogP contribution >= 0.6 is 14.9 Å². The van der Waals surface area contributed by atoms with E-state index < -0.39 is 126 Å². The average molecular weight is 1780 g/mol. The van der Waals surface area contributed by atoms with Gasteiger partial charge in [0.05, 0.1) is 83.6 Å². The van der Waals surface area contributed by atoms with Gasteiger partial charge in [-0.2, -0.15) is 0 Å². The fourth-order valence-corrected chi connectivity index (χ4v) is 17.5. The Hall–Kier alpha value is -9.10. The number of amides is 1. The summed E-state index contributed by atoms with van der Waals surface area (Å²) in [7, 11) is -7.67. The van der Waals surface area contributed by atoms with Crippen LogP contribution < -0.4 is 43.0 Å². The van der Waals surface area contributed by atoms with Gasteiger partial charge in [-0.1, -0.05) is 132 Å². The molecule has 6 aromatic rings. The minimum Gasteiger partial charge on any atom is -0.481 e. The number of carbonyl (C=O) groups is 8. The number of nitrogen functional groups attached to an aromatic ring is 1. The first-order valence-electron chi connectivity index (χ1n) is 41.9. The molecule has 0 aliphatic carbocycles. The Balaban J connectivity index is 0.000000441. The van der Waals surface area contributed by atoms with Crippen LogP contribution in [0.5, 0.6) is 0 Å². The maximum atomic E-state index is 14.7. The molecular weight excluding hydrogens is 1640 g/mol. The van der Waals surface area contributed by atoms with Crippen LogP contribution in [0.4, 0.5) is 11.6 Å². The number of unbranched alkanes of at least 4 members (excludes halogenated alkanes) is 12. The van der Waals surface area contributed by atoms with Crippen LogP contribution in [0, 0.1) is 24.7 Å². The van der Waals surface area contributed by atoms with E-state index in [0.717, 1.165) is 89.9 Å². The van der Waals surface area contributed by atoms with Crippen LogP contribution in [-0.4, -0.2) is 165 Å². The van der Waals surface area contributed by atoms with E-state index in [-0.39, 0.29) is 113 Å². The fourth-order valence-electron chi connectivity index (χ4n) is 12.3. The number of imidazole rings is 2. The standard InChI is InChI=1S/C41H66N7O12P.C29H52N7O6P.C12H16O7/c1-11-13-15-17-19-55-36(51)40(7,8)46-61(54,47-41(9,10)37(52)56-20-18-16-14-12-2)27-58-28(3)23-48-26-44-33-34(42-25-43-35(33)48)45-31(49)21-39(5,6)22-32(50)57-24-30-29(4)59-38(53)60-30;1-8-10-12-14-16-40-26(37)28(4,5)34-43(39,35-29(6,7)27(38)41-17-15-13-11-9-2)21-42-22(3)18-36-20-33-23-24(30)31-19-32-25(23)36;1-7-8(19-11(16)18-7)6-17-10(15)5-12(2,3)4-9(13)14/h25-26,28H,11-24,27H2,1-10H3,(H2,46,47,54)(H,42,43,45,49);19-20,22H,8-18,21H2,1-7H3,(H2,30,31,32)(H2,34,35,39);4-6H2,1-3H3,(H,13,14)/t28-;22-;/m11./s1. The molecule has 0 fully saturated rings. The second-order valence-corrected chi connectivity index (χ2v) is 38.6. The third-order valence-electron chi connectivity index (χ3n) is 18.8. The van der Waals surface area contributed by atoms with Crippen molar-refractivity contribution in [2.24, 2.45) is 10.8 Å². The Morgan fingerprint density at radius 2 is 0.789 bits per heavy atom. The van der Waals surface area contributed by atoms with Gasteiger partial charge in [0, 0.05) is 6.42 Å². The molecule has 0 spiro atoms. The number of hydrogen-bond donors (Lipinski definition) is 7. The summed E-state index contributed by atoms with van der Waals surface area (Å²) in [4.78, 5) is 148. The molecule has 0 bridgehead atoms. The number of aliphatic carboxylic acids is 1. The lowest BCUT2D eigenvalue weighted by Crippen LogP contribution is -2.54. The summed E-state index contributed by atoms with van der Waals surface area (Å²) in [6.45, 7) is 35.5. The molecule has 692 valence electrons. The first kappa shape index (κ1) is 106. The monoisotopic (exact) mass is 1780 g/mol. The number of aromatic nitrogens is 8. The van der Waals surface area contributed by atoms with Crippen molar-refractivity contribution in [3.63, 3.8) is 0 Å². The van der Waals surface area contributed by atoms with Crippen LogP contribution in [0.1, 0.15) is 276 Å². The van der Waals surface area contributed by atoms with Crippen molar-refractivity contribution >= 4 is 96.5 Å². The number of anilines is 2. The topological polar surface area (TPSA) is 525 Å². The fraction of sp³-hybridized carbons (Fsp3) is 0.707. The summed E-state index contributed by atoms with van der Waals surface area (Å²) in [5, 5.41) is 23.2. The normalized spacial score (nSPS) is 12.8. The first-order chi connectivity index (χ1) is 57.5. The van der Waals surface area contributed by atoms with E-state index in [4.69, 9.17) is 57.6 Å².